The van der Waals surface area contributed by atoms with Crippen molar-refractivity contribution in [1.29, 1.82) is 0 Å². The Morgan fingerprint density at radius 2 is 1.87 bits per heavy atom. The average molecular weight is 411 g/mol. The molecule has 2 N–H and O–H groups in total. The fourth-order valence-electron chi connectivity index (χ4n) is 3.01. The van der Waals surface area contributed by atoms with Gasteiger partial charge in [0.15, 0.2) is 5.82 Å². The molecule has 0 unspecified atom stereocenters. The van der Waals surface area contributed by atoms with E-state index in [1.54, 1.807) is 13.1 Å². The maximum Gasteiger partial charge on any atom is 0.417 e. The summed E-state index contributed by atoms with van der Waals surface area (Å²) in [5, 5.41) is 13.5. The average Bonchev–Trinajstić information content (AvgIpc) is 2.74. The zero-order valence-corrected chi connectivity index (χ0v) is 15.8. The zero-order chi connectivity index (χ0) is 21.3. The van der Waals surface area contributed by atoms with Crippen molar-refractivity contribution >= 4 is 22.5 Å². The van der Waals surface area contributed by atoms with Crippen molar-refractivity contribution in [2.75, 3.05) is 5.32 Å². The predicted molar refractivity (Wildman–Crippen MR) is 106 cm³/mol. The number of alkyl halides is 3. The van der Waals surface area contributed by atoms with Gasteiger partial charge in [-0.05, 0) is 31.2 Å². The van der Waals surface area contributed by atoms with Crippen molar-refractivity contribution in [3.05, 3.63) is 71.8 Å². The summed E-state index contributed by atoms with van der Waals surface area (Å²) in [6, 6.07) is 11.6. The fourth-order valence-corrected chi connectivity index (χ4v) is 3.01. The Kier molecular flexibility index (Phi) is 5.04. The Bertz CT molecular complexity index is 1210. The summed E-state index contributed by atoms with van der Waals surface area (Å²) in [4.78, 5) is 16.8. The molecule has 0 saturated heterocycles. The van der Waals surface area contributed by atoms with Gasteiger partial charge in [-0.15, -0.1) is 0 Å². The molecule has 0 saturated carbocycles. The molecule has 0 amide bonds. The van der Waals surface area contributed by atoms with Crippen molar-refractivity contribution in [3.8, 4) is 11.3 Å². The standard InChI is InChI=1S/C21H16F3N5O/c1-12-19(14-5-4-13-3-2-8-25-16(13)9-14)27-18(11-30)29-20(12)28-17-7-6-15(10-26-17)21(22,23)24/h2-10,30H,11H2,1H3,(H,26,27,28,29). The smallest absolute Gasteiger partial charge is 0.388 e. The molecule has 0 aliphatic rings. The summed E-state index contributed by atoms with van der Waals surface area (Å²) in [5.41, 5.74) is 1.96. The number of hydrogen-bond donors (Lipinski definition) is 2. The molecule has 4 rings (SSSR count). The molecule has 152 valence electrons. The second kappa shape index (κ2) is 7.68. The van der Waals surface area contributed by atoms with Gasteiger partial charge in [-0.1, -0.05) is 18.2 Å². The van der Waals surface area contributed by atoms with Crippen LogP contribution in [0.15, 0.2) is 54.9 Å². The van der Waals surface area contributed by atoms with Gasteiger partial charge >= 0.3 is 6.18 Å². The van der Waals surface area contributed by atoms with Crippen LogP contribution < -0.4 is 5.32 Å². The predicted octanol–water partition coefficient (Wildman–Crippen LogP) is 4.65. The van der Waals surface area contributed by atoms with Gasteiger partial charge in [0.2, 0.25) is 0 Å². The van der Waals surface area contributed by atoms with E-state index in [0.29, 0.717) is 17.1 Å². The Morgan fingerprint density at radius 3 is 2.57 bits per heavy atom. The van der Waals surface area contributed by atoms with E-state index in [4.69, 9.17) is 0 Å². The first-order valence-electron chi connectivity index (χ1n) is 8.99. The van der Waals surface area contributed by atoms with Gasteiger partial charge < -0.3 is 10.4 Å². The third kappa shape index (κ3) is 3.92. The van der Waals surface area contributed by atoms with Gasteiger partial charge in [0.25, 0.3) is 0 Å². The van der Waals surface area contributed by atoms with Crippen molar-refractivity contribution in [3.63, 3.8) is 0 Å². The maximum absolute atomic E-state index is 12.7. The lowest BCUT2D eigenvalue weighted by Gasteiger charge is -2.14. The van der Waals surface area contributed by atoms with Crippen LogP contribution in [-0.4, -0.2) is 25.0 Å². The summed E-state index contributed by atoms with van der Waals surface area (Å²) in [5.74, 6) is 0.711. The molecule has 0 fully saturated rings. The molecule has 3 heterocycles. The summed E-state index contributed by atoms with van der Waals surface area (Å²) in [6.45, 7) is 1.39. The zero-order valence-electron chi connectivity index (χ0n) is 15.8. The van der Waals surface area contributed by atoms with E-state index < -0.39 is 18.3 Å². The lowest BCUT2D eigenvalue weighted by atomic mass is 10.0. The Balaban J connectivity index is 1.74. The van der Waals surface area contributed by atoms with Gasteiger partial charge in [0.1, 0.15) is 18.2 Å². The number of aromatic nitrogens is 4. The lowest BCUT2D eigenvalue weighted by molar-refractivity contribution is -0.137. The second-order valence-electron chi connectivity index (χ2n) is 6.59. The molecule has 3 aromatic heterocycles. The molecule has 1 aromatic carbocycles. The van der Waals surface area contributed by atoms with Crippen LogP contribution in [0.4, 0.5) is 24.8 Å². The minimum absolute atomic E-state index is 0.172. The molecule has 0 bridgehead atoms. The molecular formula is C21H16F3N5O. The Labute approximate surface area is 169 Å². The van der Waals surface area contributed by atoms with Crippen molar-refractivity contribution < 1.29 is 18.3 Å². The van der Waals surface area contributed by atoms with E-state index in [-0.39, 0.29) is 11.6 Å². The van der Waals surface area contributed by atoms with E-state index in [1.165, 1.54) is 6.07 Å². The normalized spacial score (nSPS) is 11.6. The van der Waals surface area contributed by atoms with Crippen LogP contribution in [-0.2, 0) is 12.8 Å². The Hall–Kier alpha value is -3.59. The molecule has 0 radical (unpaired) electrons. The largest absolute Gasteiger partial charge is 0.417 e. The van der Waals surface area contributed by atoms with E-state index in [9.17, 15) is 18.3 Å². The number of rotatable bonds is 4. The van der Waals surface area contributed by atoms with Gasteiger partial charge in [-0.3, -0.25) is 4.98 Å². The van der Waals surface area contributed by atoms with Crippen molar-refractivity contribution in [1.82, 2.24) is 19.9 Å². The highest BCUT2D eigenvalue weighted by Gasteiger charge is 2.30. The van der Waals surface area contributed by atoms with E-state index in [1.807, 2.05) is 30.3 Å². The molecule has 0 spiro atoms. The number of anilines is 2. The summed E-state index contributed by atoms with van der Waals surface area (Å²) in [7, 11) is 0. The van der Waals surface area contributed by atoms with Crippen LogP contribution >= 0.6 is 0 Å². The number of aliphatic hydroxyl groups excluding tert-OH is 1. The SMILES string of the molecule is Cc1c(Nc2ccc(C(F)(F)F)cn2)nc(CO)nc1-c1ccc2cccnc2c1. The van der Waals surface area contributed by atoms with Crippen LogP contribution in [0.1, 0.15) is 17.0 Å². The van der Waals surface area contributed by atoms with E-state index >= 15 is 0 Å². The summed E-state index contributed by atoms with van der Waals surface area (Å²) >= 11 is 0. The molecule has 9 heteroatoms. The van der Waals surface area contributed by atoms with Crippen LogP contribution in [0.3, 0.4) is 0 Å². The topological polar surface area (TPSA) is 83.8 Å². The third-order valence-electron chi connectivity index (χ3n) is 4.55. The fraction of sp³-hybridized carbons (Fsp3) is 0.143. The van der Waals surface area contributed by atoms with E-state index in [0.717, 1.165) is 28.7 Å². The van der Waals surface area contributed by atoms with Crippen LogP contribution in [0.2, 0.25) is 0 Å². The number of fused-ring (bicyclic) bond motifs is 1. The van der Waals surface area contributed by atoms with Crippen molar-refractivity contribution in [2.24, 2.45) is 0 Å². The van der Waals surface area contributed by atoms with Crippen molar-refractivity contribution in [2.45, 2.75) is 19.7 Å². The van der Waals surface area contributed by atoms with Gasteiger partial charge in [0.05, 0.1) is 16.8 Å². The first-order valence-corrected chi connectivity index (χ1v) is 8.99. The molecule has 0 atom stereocenters. The van der Waals surface area contributed by atoms with Gasteiger partial charge in [-0.25, -0.2) is 15.0 Å². The first-order chi connectivity index (χ1) is 14.3. The minimum atomic E-state index is -4.46. The third-order valence-corrected chi connectivity index (χ3v) is 4.55. The number of halogens is 3. The highest BCUT2D eigenvalue weighted by Crippen LogP contribution is 2.31. The minimum Gasteiger partial charge on any atom is -0.388 e. The number of aliphatic hydroxyl groups is 1. The molecular weight excluding hydrogens is 395 g/mol. The molecule has 6 nitrogen and oxygen atoms in total. The van der Waals surface area contributed by atoms with Crippen LogP contribution in [0.5, 0.6) is 0 Å². The quantitative estimate of drug-likeness (QED) is 0.509. The monoisotopic (exact) mass is 411 g/mol. The molecule has 0 aliphatic carbocycles. The summed E-state index contributed by atoms with van der Waals surface area (Å²) in [6.07, 6.45) is -2.01. The van der Waals surface area contributed by atoms with Gasteiger partial charge in [0, 0.05) is 28.9 Å². The summed E-state index contributed by atoms with van der Waals surface area (Å²) < 4.78 is 38.2. The van der Waals surface area contributed by atoms with Gasteiger partial charge in [-0.2, -0.15) is 13.2 Å². The molecule has 30 heavy (non-hydrogen) atoms. The maximum atomic E-state index is 12.7. The van der Waals surface area contributed by atoms with Crippen LogP contribution in [0, 0.1) is 6.92 Å². The highest BCUT2D eigenvalue weighted by atomic mass is 19.4. The number of nitrogens with zero attached hydrogens (tertiary/aromatic N) is 4. The first kappa shape index (κ1) is 19.7. The molecule has 4 aromatic rings. The number of hydrogen-bond acceptors (Lipinski definition) is 6. The Morgan fingerprint density at radius 1 is 1.03 bits per heavy atom. The van der Waals surface area contributed by atoms with E-state index in [2.05, 4.69) is 25.3 Å². The number of pyridine rings is 2. The van der Waals surface area contributed by atoms with Crippen LogP contribution in [0.25, 0.3) is 22.2 Å². The molecule has 0 aliphatic heterocycles. The highest BCUT2D eigenvalue weighted by molar-refractivity contribution is 5.84. The second-order valence-corrected chi connectivity index (χ2v) is 6.59. The lowest BCUT2D eigenvalue weighted by Crippen LogP contribution is -2.08. The number of benzene rings is 1. The number of nitrogens with one attached hydrogen (secondary N) is 1.